The van der Waals surface area contributed by atoms with Crippen molar-refractivity contribution >= 4 is 17.7 Å². The van der Waals surface area contributed by atoms with Crippen LogP contribution in [0.2, 0.25) is 0 Å². The topological polar surface area (TPSA) is 76.5 Å². The monoisotopic (exact) mass is 424 g/mol. The van der Waals surface area contributed by atoms with E-state index in [1.165, 1.54) is 12.7 Å². The summed E-state index contributed by atoms with van der Waals surface area (Å²) in [7, 11) is 1.44. The van der Waals surface area contributed by atoms with Crippen LogP contribution in [0.3, 0.4) is 0 Å². The molecule has 1 N–H and O–H groups in total. The number of fused-ring (bicyclic) bond motifs is 1. The van der Waals surface area contributed by atoms with Crippen LogP contribution in [0, 0.1) is 5.41 Å². The number of carbonyl (C=O) groups excluding carboxylic acids is 2. The van der Waals surface area contributed by atoms with Gasteiger partial charge in [-0.2, -0.15) is 5.10 Å². The number of methoxy groups -OCH3 is 1. The van der Waals surface area contributed by atoms with Crippen LogP contribution in [0.25, 0.3) is 0 Å². The van der Waals surface area contributed by atoms with Gasteiger partial charge in [0.1, 0.15) is 11.4 Å². The van der Waals surface area contributed by atoms with Crippen LogP contribution in [0.5, 0.6) is 0 Å². The number of hydrogen-bond donors (Lipinski definition) is 1. The summed E-state index contributed by atoms with van der Waals surface area (Å²) >= 11 is 0. The molecule has 0 spiro atoms. The number of nitrogens with one attached hydrogen (secondary N) is 1. The highest BCUT2D eigenvalue weighted by molar-refractivity contribution is 5.99. The van der Waals surface area contributed by atoms with E-state index >= 15 is 0 Å². The molecule has 0 radical (unpaired) electrons. The molecule has 2 aromatic rings. The number of anilines is 1. The summed E-state index contributed by atoms with van der Waals surface area (Å²) in [6, 6.07) is 10.4. The molecule has 0 bridgehead atoms. The average Bonchev–Trinajstić information content (AvgIpc) is 3.23. The van der Waals surface area contributed by atoms with Gasteiger partial charge in [-0.1, -0.05) is 37.3 Å². The zero-order valence-corrected chi connectivity index (χ0v) is 18.9. The largest absolute Gasteiger partial charge is 0.469 e. The Hall–Kier alpha value is -2.83. The van der Waals surface area contributed by atoms with E-state index in [1.807, 2.05) is 34.7 Å². The van der Waals surface area contributed by atoms with Crippen molar-refractivity contribution in [1.29, 1.82) is 0 Å². The lowest BCUT2D eigenvalue weighted by atomic mass is 9.76. The highest BCUT2D eigenvalue weighted by Gasteiger charge is 2.43. The first kappa shape index (κ1) is 21.4. The van der Waals surface area contributed by atoms with Gasteiger partial charge in [0.25, 0.3) is 5.91 Å². The van der Waals surface area contributed by atoms with E-state index in [9.17, 15) is 9.59 Å². The van der Waals surface area contributed by atoms with Gasteiger partial charge in [-0.05, 0) is 45.1 Å². The van der Waals surface area contributed by atoms with Gasteiger partial charge in [0.15, 0.2) is 0 Å². The minimum atomic E-state index is -0.484. The second kappa shape index (κ2) is 8.02. The summed E-state index contributed by atoms with van der Waals surface area (Å²) in [5, 5.41) is 8.14. The summed E-state index contributed by atoms with van der Waals surface area (Å²) in [5.74, 6) is 0.572. The first-order chi connectivity index (χ1) is 14.8. The number of amides is 1. The SMILES string of the molecule is CCC1(C(=O)OC)CCN(C(=O)c2cnn3c2NC(c2ccccc2)CC3(C)C)CC1. The molecule has 7 nitrogen and oxygen atoms in total. The Labute approximate surface area is 183 Å². The zero-order valence-electron chi connectivity index (χ0n) is 18.9. The van der Waals surface area contributed by atoms with Crippen molar-refractivity contribution in [2.24, 2.45) is 5.41 Å². The zero-order chi connectivity index (χ0) is 22.2. The second-order valence-electron chi connectivity index (χ2n) is 9.36. The van der Waals surface area contributed by atoms with Crippen molar-refractivity contribution in [1.82, 2.24) is 14.7 Å². The molecule has 2 aliphatic heterocycles. The molecule has 166 valence electrons. The molecule has 2 aliphatic rings. The Bertz CT molecular complexity index is 958. The van der Waals surface area contributed by atoms with Gasteiger partial charge in [-0.15, -0.1) is 0 Å². The molecule has 1 fully saturated rings. The fourth-order valence-corrected chi connectivity index (χ4v) is 5.02. The summed E-state index contributed by atoms with van der Waals surface area (Å²) in [6.07, 6.45) is 4.52. The van der Waals surface area contributed by atoms with Crippen molar-refractivity contribution in [2.45, 2.75) is 58.0 Å². The minimum Gasteiger partial charge on any atom is -0.469 e. The molecule has 31 heavy (non-hydrogen) atoms. The summed E-state index contributed by atoms with van der Waals surface area (Å²) in [6.45, 7) is 7.40. The molecule has 4 rings (SSSR count). The lowest BCUT2D eigenvalue weighted by Crippen LogP contribution is -2.47. The fraction of sp³-hybridized carbons (Fsp3) is 0.542. The predicted octanol–water partition coefficient (Wildman–Crippen LogP) is 3.98. The first-order valence-corrected chi connectivity index (χ1v) is 11.1. The number of nitrogens with zero attached hydrogens (tertiary/aromatic N) is 3. The molecule has 1 unspecified atom stereocenters. The Morgan fingerprint density at radius 1 is 1.19 bits per heavy atom. The van der Waals surface area contributed by atoms with Crippen LogP contribution in [-0.2, 0) is 15.1 Å². The van der Waals surface area contributed by atoms with Crippen molar-refractivity contribution in [2.75, 3.05) is 25.5 Å². The summed E-state index contributed by atoms with van der Waals surface area (Å²) in [5.41, 5.74) is 1.09. The van der Waals surface area contributed by atoms with Gasteiger partial charge >= 0.3 is 5.97 Å². The maximum Gasteiger partial charge on any atom is 0.311 e. The molecule has 0 aliphatic carbocycles. The third kappa shape index (κ3) is 3.70. The molecule has 1 aromatic carbocycles. The Balaban J connectivity index is 1.57. The number of aromatic nitrogens is 2. The number of rotatable bonds is 4. The number of carbonyl (C=O) groups is 2. The molecule has 7 heteroatoms. The normalized spacial score (nSPS) is 21.7. The molecule has 0 saturated carbocycles. The van der Waals surface area contributed by atoms with Crippen molar-refractivity contribution in [3.05, 3.63) is 47.7 Å². The fourth-order valence-electron chi connectivity index (χ4n) is 5.02. The molecule has 3 heterocycles. The minimum absolute atomic E-state index is 0.0344. The van der Waals surface area contributed by atoms with Crippen LogP contribution in [-0.4, -0.2) is 46.8 Å². The Morgan fingerprint density at radius 2 is 1.87 bits per heavy atom. The predicted molar refractivity (Wildman–Crippen MR) is 119 cm³/mol. The van der Waals surface area contributed by atoms with Gasteiger partial charge in [0.2, 0.25) is 0 Å². The van der Waals surface area contributed by atoms with Gasteiger partial charge in [-0.25, -0.2) is 4.68 Å². The molecule has 1 aromatic heterocycles. The lowest BCUT2D eigenvalue weighted by molar-refractivity contribution is -0.155. The number of benzene rings is 1. The molecular formula is C24H32N4O3. The average molecular weight is 425 g/mol. The Morgan fingerprint density at radius 3 is 2.48 bits per heavy atom. The van der Waals surface area contributed by atoms with E-state index in [0.717, 1.165) is 18.7 Å². The van der Waals surface area contributed by atoms with Gasteiger partial charge in [-0.3, -0.25) is 9.59 Å². The summed E-state index contributed by atoms with van der Waals surface area (Å²) in [4.78, 5) is 27.6. The van der Waals surface area contributed by atoms with Gasteiger partial charge < -0.3 is 15.0 Å². The molecular weight excluding hydrogens is 392 g/mol. The van der Waals surface area contributed by atoms with Crippen LogP contribution < -0.4 is 5.32 Å². The molecule has 1 amide bonds. The second-order valence-corrected chi connectivity index (χ2v) is 9.36. The third-order valence-corrected chi connectivity index (χ3v) is 7.09. The van der Waals surface area contributed by atoms with Crippen molar-refractivity contribution in [3.8, 4) is 0 Å². The van der Waals surface area contributed by atoms with Crippen molar-refractivity contribution < 1.29 is 14.3 Å². The van der Waals surface area contributed by atoms with E-state index in [0.29, 0.717) is 31.5 Å². The number of ether oxygens (including phenoxy) is 1. The van der Waals surface area contributed by atoms with Gasteiger partial charge in [0.05, 0.1) is 30.3 Å². The highest BCUT2D eigenvalue weighted by atomic mass is 16.5. The maximum absolute atomic E-state index is 13.4. The van der Waals surface area contributed by atoms with Crippen LogP contribution >= 0.6 is 0 Å². The van der Waals surface area contributed by atoms with Crippen LogP contribution in [0.15, 0.2) is 36.5 Å². The lowest BCUT2D eigenvalue weighted by Gasteiger charge is -2.40. The number of esters is 1. The van der Waals surface area contributed by atoms with Crippen LogP contribution in [0.4, 0.5) is 5.82 Å². The maximum atomic E-state index is 13.4. The molecule has 1 atom stereocenters. The van der Waals surface area contributed by atoms with Crippen LogP contribution in [0.1, 0.15) is 68.4 Å². The van der Waals surface area contributed by atoms with E-state index in [2.05, 4.69) is 36.4 Å². The van der Waals surface area contributed by atoms with Gasteiger partial charge in [0, 0.05) is 13.1 Å². The third-order valence-electron chi connectivity index (χ3n) is 7.09. The Kier molecular flexibility index (Phi) is 5.54. The van der Waals surface area contributed by atoms with Crippen molar-refractivity contribution in [3.63, 3.8) is 0 Å². The standard InChI is InChI=1S/C24H32N4O3/c1-5-24(22(30)31-4)11-13-27(14-12-24)21(29)18-16-25-28-20(18)26-19(15-23(28,2)3)17-9-7-6-8-10-17/h6-10,16,19,26H,5,11-15H2,1-4H3. The van der Waals surface area contributed by atoms with E-state index in [4.69, 9.17) is 4.74 Å². The number of likely N-dealkylation sites (tertiary alicyclic amines) is 1. The van der Waals surface area contributed by atoms with E-state index in [-0.39, 0.29) is 23.5 Å². The molecule has 1 saturated heterocycles. The van der Waals surface area contributed by atoms with E-state index in [1.54, 1.807) is 6.20 Å². The smallest absolute Gasteiger partial charge is 0.311 e. The highest BCUT2D eigenvalue weighted by Crippen LogP contribution is 2.41. The number of piperidine rings is 1. The summed E-state index contributed by atoms with van der Waals surface area (Å²) < 4.78 is 6.98. The quantitative estimate of drug-likeness (QED) is 0.752. The number of hydrogen-bond acceptors (Lipinski definition) is 5. The van der Waals surface area contributed by atoms with E-state index < -0.39 is 5.41 Å². The first-order valence-electron chi connectivity index (χ1n) is 11.1.